The number of nitrogens with one attached hydrogen (secondary N) is 2. The molecule has 13 nitrogen and oxygen atoms in total. The fraction of sp³-hybridized carbons (Fsp3) is 0.277. The molecule has 6 aromatic rings. The second kappa shape index (κ2) is 22.7. The van der Waals surface area contributed by atoms with E-state index in [1.807, 2.05) is 47.5 Å². The molecular weight excluding hydrogens is 936 g/mol. The molecule has 2 atom stereocenters. The predicted molar refractivity (Wildman–Crippen MR) is 261 cm³/mol. The lowest BCUT2D eigenvalue weighted by molar-refractivity contribution is -0.125. The van der Waals surface area contributed by atoms with E-state index in [0.29, 0.717) is 78.7 Å². The fourth-order valence-corrected chi connectivity index (χ4v) is 8.85. The third kappa shape index (κ3) is 11.7. The number of nitrogens with zero attached hydrogens (tertiary/aromatic N) is 5. The summed E-state index contributed by atoms with van der Waals surface area (Å²) in [6.07, 6.45) is 8.75. The average molecular weight is 982 g/mol. The predicted octanol–water partition coefficient (Wildman–Crippen LogP) is 10.5. The molecule has 1 amide bonds. The summed E-state index contributed by atoms with van der Waals surface area (Å²) < 4.78 is 21.5. The minimum absolute atomic E-state index is 0.0223. The van der Waals surface area contributed by atoms with E-state index in [-0.39, 0.29) is 5.91 Å². The van der Waals surface area contributed by atoms with Crippen LogP contribution in [0.4, 0.5) is 5.95 Å². The minimum atomic E-state index is -0.509. The lowest BCUT2D eigenvalue weighted by Gasteiger charge is -2.15. The maximum Gasteiger partial charge on any atom is 0.245 e. The molecule has 2 fully saturated rings. The van der Waals surface area contributed by atoms with E-state index in [0.717, 1.165) is 83.7 Å². The number of hydrogen-bond donors (Lipinski definition) is 2. The van der Waals surface area contributed by atoms with Crippen molar-refractivity contribution in [1.29, 1.82) is 0 Å². The SMILES string of the molecule is C=CC(=O)Cl.C=CC(=O)N1CC[C@H](Cc2ncc3cc(-c4c(Cl)c(OC)cc(OC)c4Cl)ccc3n2)C1.COc1cc(OC)c(Cl)c(-c2ccc3nc(N[C@H]4CCNC4)ncc3c2)c1Cl. The Morgan fingerprint density at radius 1 is 0.754 bits per heavy atom. The maximum absolute atomic E-state index is 11.8. The van der Waals surface area contributed by atoms with E-state index in [2.05, 4.69) is 38.7 Å². The number of allylic oxidation sites excluding steroid dienone is 1. The number of ether oxygens (including phenoxy) is 4. The van der Waals surface area contributed by atoms with Crippen LogP contribution in [0.15, 0.2) is 86.2 Å². The number of aromatic nitrogens is 4. The van der Waals surface area contributed by atoms with Gasteiger partial charge in [-0.25, -0.2) is 19.9 Å². The summed E-state index contributed by atoms with van der Waals surface area (Å²) in [4.78, 5) is 41.4. The average Bonchev–Trinajstić information content (AvgIpc) is 4.02. The molecule has 4 heterocycles. The highest BCUT2D eigenvalue weighted by molar-refractivity contribution is 6.66. The van der Waals surface area contributed by atoms with Crippen LogP contribution in [-0.2, 0) is 16.0 Å². The van der Waals surface area contributed by atoms with Gasteiger partial charge in [0.1, 0.15) is 28.8 Å². The van der Waals surface area contributed by atoms with Crippen LogP contribution in [0.3, 0.4) is 0 Å². The molecule has 8 rings (SSSR count). The topological polar surface area (TPSA) is 150 Å². The normalized spacial score (nSPS) is 15.3. The van der Waals surface area contributed by atoms with Crippen molar-refractivity contribution >= 4 is 96.9 Å². The molecule has 2 aliphatic rings. The number of carbonyl (C=O) groups excluding carboxylic acids is 2. The molecule has 0 aliphatic carbocycles. The van der Waals surface area contributed by atoms with Crippen molar-refractivity contribution in [2.75, 3.05) is 59.9 Å². The molecule has 0 radical (unpaired) electrons. The van der Waals surface area contributed by atoms with E-state index in [1.54, 1.807) is 46.8 Å². The zero-order valence-corrected chi connectivity index (χ0v) is 39.8. The fourth-order valence-electron chi connectivity index (χ4n) is 7.41. The van der Waals surface area contributed by atoms with Crippen LogP contribution in [0.25, 0.3) is 44.1 Å². The van der Waals surface area contributed by atoms with E-state index in [9.17, 15) is 9.59 Å². The quantitative estimate of drug-likeness (QED) is 0.0888. The Bertz CT molecular complexity index is 2680. The third-order valence-electron chi connectivity index (χ3n) is 10.7. The summed E-state index contributed by atoms with van der Waals surface area (Å²) in [7, 11) is 6.21. The van der Waals surface area contributed by atoms with Gasteiger partial charge in [-0.2, -0.15) is 0 Å². The second-order valence-electron chi connectivity index (χ2n) is 14.8. The van der Waals surface area contributed by atoms with Gasteiger partial charge in [-0.3, -0.25) is 9.59 Å². The summed E-state index contributed by atoms with van der Waals surface area (Å²) in [5.41, 5.74) is 4.61. The number of methoxy groups -OCH3 is 4. The van der Waals surface area contributed by atoms with Crippen molar-refractivity contribution in [2.45, 2.75) is 25.3 Å². The van der Waals surface area contributed by atoms with Gasteiger partial charge in [0.25, 0.3) is 0 Å². The number of rotatable bonds is 12. The Kier molecular flexibility index (Phi) is 17.1. The first-order valence-corrected chi connectivity index (χ1v) is 22.1. The molecule has 2 N–H and O–H groups in total. The van der Waals surface area contributed by atoms with Gasteiger partial charge < -0.3 is 34.5 Å². The lowest BCUT2D eigenvalue weighted by atomic mass is 10.0. The van der Waals surface area contributed by atoms with Crippen molar-refractivity contribution in [1.82, 2.24) is 30.2 Å². The van der Waals surface area contributed by atoms with Crippen LogP contribution in [0.5, 0.6) is 23.0 Å². The number of benzene rings is 4. The summed E-state index contributed by atoms with van der Waals surface area (Å²) >= 11 is 30.9. The number of halogens is 5. The number of amides is 1. The number of hydrogen-bond acceptors (Lipinski definition) is 12. The molecule has 65 heavy (non-hydrogen) atoms. The molecule has 18 heteroatoms. The zero-order chi connectivity index (χ0) is 46.8. The van der Waals surface area contributed by atoms with Gasteiger partial charge in [0, 0.05) is 78.5 Å². The molecule has 0 unspecified atom stereocenters. The molecule has 0 bridgehead atoms. The van der Waals surface area contributed by atoms with Gasteiger partial charge >= 0.3 is 0 Å². The number of likely N-dealkylation sites (tertiary alicyclic amines) is 1. The standard InChI is InChI=1S/C24H23Cl2N3O3.C20H20Cl2N4O2.C3H3ClO/c1-4-21(30)29-8-7-14(13-29)9-20-27-12-16-10-15(5-6-17(16)28-20)22-23(25)18(31-2)11-19(32-3)24(22)26;1-27-15-8-16(28-2)19(22)17(18(15)21)11-3-4-14-12(7-11)9-24-20(26-14)25-13-5-6-23-10-13;1-2-3(4)5/h4-6,10-12,14H,1,7-9,13H2,2-3H3;3-4,7-9,13,23H,5-6,10H2,1-2H3,(H,24,25,26);2H,1H2/t14-;13-;/m10./s1. The highest BCUT2D eigenvalue weighted by atomic mass is 35.5. The molecule has 4 aromatic carbocycles. The van der Waals surface area contributed by atoms with Gasteiger partial charge in [0.2, 0.25) is 17.1 Å². The van der Waals surface area contributed by atoms with Crippen LogP contribution in [0.1, 0.15) is 18.7 Å². The van der Waals surface area contributed by atoms with Crippen molar-refractivity contribution in [2.24, 2.45) is 5.92 Å². The van der Waals surface area contributed by atoms with Crippen molar-refractivity contribution in [3.05, 3.63) is 112 Å². The molecule has 2 aliphatic heterocycles. The van der Waals surface area contributed by atoms with Gasteiger partial charge in [-0.15, -0.1) is 0 Å². The van der Waals surface area contributed by atoms with Crippen molar-refractivity contribution in [3.63, 3.8) is 0 Å². The Morgan fingerprint density at radius 2 is 1.26 bits per heavy atom. The number of anilines is 1. The Hall–Kier alpha value is -5.41. The number of carbonyl (C=O) groups is 2. The smallest absolute Gasteiger partial charge is 0.245 e. The van der Waals surface area contributed by atoms with E-state index < -0.39 is 5.24 Å². The highest BCUT2D eigenvalue weighted by Crippen LogP contribution is 2.47. The monoisotopic (exact) mass is 979 g/mol. The Morgan fingerprint density at radius 3 is 1.72 bits per heavy atom. The first-order valence-electron chi connectivity index (χ1n) is 20.3. The highest BCUT2D eigenvalue weighted by Gasteiger charge is 2.26. The van der Waals surface area contributed by atoms with Crippen molar-refractivity contribution in [3.8, 4) is 45.3 Å². The van der Waals surface area contributed by atoms with Gasteiger partial charge in [0.15, 0.2) is 0 Å². The molecule has 2 saturated heterocycles. The molecular formula is C47H46Cl5N7O6. The number of fused-ring (bicyclic) bond motifs is 2. The van der Waals surface area contributed by atoms with Crippen LogP contribution in [-0.4, -0.2) is 96.6 Å². The molecule has 0 saturated carbocycles. The molecule has 0 spiro atoms. The van der Waals surface area contributed by atoms with E-state index in [4.69, 9.17) is 81.9 Å². The van der Waals surface area contributed by atoms with E-state index >= 15 is 0 Å². The second-order valence-corrected chi connectivity index (χ2v) is 16.7. The van der Waals surface area contributed by atoms with Gasteiger partial charge in [-0.05, 0) is 84.4 Å². The van der Waals surface area contributed by atoms with Crippen LogP contribution in [0, 0.1) is 5.92 Å². The molecule has 340 valence electrons. The zero-order valence-electron chi connectivity index (χ0n) is 36.0. The molecule has 2 aromatic heterocycles. The lowest BCUT2D eigenvalue weighted by Crippen LogP contribution is -2.27. The van der Waals surface area contributed by atoms with Crippen molar-refractivity contribution < 1.29 is 28.5 Å². The Labute approximate surface area is 402 Å². The minimum Gasteiger partial charge on any atom is -0.495 e. The van der Waals surface area contributed by atoms with Gasteiger partial charge in [0.05, 0.1) is 59.6 Å². The third-order valence-corrected chi connectivity index (χ3v) is 12.4. The van der Waals surface area contributed by atoms with Crippen LogP contribution < -0.4 is 29.6 Å². The summed E-state index contributed by atoms with van der Waals surface area (Å²) in [5, 5.41) is 9.63. The van der Waals surface area contributed by atoms with Crippen LogP contribution >= 0.6 is 58.0 Å². The summed E-state index contributed by atoms with van der Waals surface area (Å²) in [6, 6.07) is 15.3. The first kappa shape index (κ1) is 49.0. The maximum atomic E-state index is 11.8. The van der Waals surface area contributed by atoms with Crippen LogP contribution in [0.2, 0.25) is 20.1 Å². The summed E-state index contributed by atoms with van der Waals surface area (Å²) in [6.45, 7) is 10.0. The Balaban J connectivity index is 0.000000197. The van der Waals surface area contributed by atoms with Gasteiger partial charge in [-0.1, -0.05) is 71.7 Å². The summed E-state index contributed by atoms with van der Waals surface area (Å²) in [5.74, 6) is 3.68. The van der Waals surface area contributed by atoms with E-state index in [1.165, 1.54) is 6.08 Å². The largest absolute Gasteiger partial charge is 0.495 e. The first-order chi connectivity index (χ1) is 31.3.